The van der Waals surface area contributed by atoms with E-state index in [2.05, 4.69) is 45.1 Å². The summed E-state index contributed by atoms with van der Waals surface area (Å²) in [5, 5.41) is 21.3. The fraction of sp³-hybridized carbons (Fsp3) is 0.238. The van der Waals surface area contributed by atoms with Crippen LogP contribution in [0.5, 0.6) is 0 Å². The van der Waals surface area contributed by atoms with E-state index in [1.165, 1.54) is 16.7 Å². The number of hydrogen-bond acceptors (Lipinski definition) is 3. The summed E-state index contributed by atoms with van der Waals surface area (Å²) in [6.45, 7) is 8.65. The van der Waals surface area contributed by atoms with Crippen molar-refractivity contribution in [3.8, 4) is 0 Å². The highest BCUT2D eigenvalue weighted by molar-refractivity contribution is 6.61. The largest absolute Gasteiger partial charge is 0.492 e. The molecule has 0 aliphatic heterocycles. The second kappa shape index (κ2) is 5.35. The molecule has 2 aromatic carbocycles. The number of hydrogen-bond donors (Lipinski definition) is 2. The molecular weight excluding hydrogens is 311 g/mol. The Kier molecular flexibility index (Phi) is 3.46. The lowest BCUT2D eigenvalue weighted by atomic mass is 9.79. The van der Waals surface area contributed by atoms with Crippen molar-refractivity contribution >= 4 is 40.1 Å². The molecule has 0 amide bonds. The number of furan rings is 1. The van der Waals surface area contributed by atoms with E-state index < -0.39 is 7.12 Å². The van der Waals surface area contributed by atoms with Gasteiger partial charge in [-0.3, -0.25) is 0 Å². The van der Waals surface area contributed by atoms with E-state index in [9.17, 15) is 10.0 Å². The van der Waals surface area contributed by atoms with Crippen LogP contribution in [-0.2, 0) is 5.41 Å². The minimum absolute atomic E-state index is 0.0589. The van der Waals surface area contributed by atoms with Gasteiger partial charge in [-0.15, -0.1) is 0 Å². The van der Waals surface area contributed by atoms with Crippen LogP contribution in [0.4, 0.5) is 0 Å². The molecule has 0 saturated heterocycles. The second-order valence-corrected chi connectivity index (χ2v) is 7.23. The maximum absolute atomic E-state index is 9.68. The van der Waals surface area contributed by atoms with E-state index in [1.54, 1.807) is 6.07 Å². The first-order valence-corrected chi connectivity index (χ1v) is 8.57. The Balaban J connectivity index is 2.17. The Labute approximate surface area is 147 Å². The number of rotatable bonds is 2. The lowest BCUT2D eigenvalue weighted by Gasteiger charge is -2.22. The topological polar surface area (TPSA) is 53.6 Å². The molecule has 4 rings (SSSR count). The molecule has 0 unspecified atom stereocenters. The lowest BCUT2D eigenvalue weighted by Crippen LogP contribution is -2.29. The Bertz CT molecular complexity index is 1070. The molecule has 0 saturated carbocycles. The smallest absolute Gasteiger partial charge is 0.456 e. The molecule has 1 aliphatic rings. The minimum atomic E-state index is -1.55. The quantitative estimate of drug-likeness (QED) is 0.700. The van der Waals surface area contributed by atoms with Crippen LogP contribution in [0.1, 0.15) is 38.8 Å². The van der Waals surface area contributed by atoms with Crippen LogP contribution >= 0.6 is 0 Å². The van der Waals surface area contributed by atoms with Crippen molar-refractivity contribution in [3.63, 3.8) is 0 Å². The number of benzene rings is 2. The van der Waals surface area contributed by atoms with Crippen molar-refractivity contribution in [1.82, 2.24) is 0 Å². The highest BCUT2D eigenvalue weighted by Crippen LogP contribution is 2.50. The lowest BCUT2D eigenvalue weighted by molar-refractivity contribution is 0.425. The summed E-state index contributed by atoms with van der Waals surface area (Å²) in [6.07, 6.45) is 4.19. The van der Waals surface area contributed by atoms with Crippen molar-refractivity contribution in [3.05, 3.63) is 59.2 Å². The molecule has 0 atom stereocenters. The van der Waals surface area contributed by atoms with E-state index in [1.807, 2.05) is 19.1 Å². The van der Waals surface area contributed by atoms with Gasteiger partial charge in [-0.1, -0.05) is 61.9 Å². The van der Waals surface area contributed by atoms with Gasteiger partial charge in [0, 0.05) is 27.2 Å². The summed E-state index contributed by atoms with van der Waals surface area (Å²) in [6, 6.07) is 9.74. The number of fused-ring (bicyclic) bond motifs is 5. The first kappa shape index (κ1) is 16.2. The fourth-order valence-electron chi connectivity index (χ4n) is 3.98. The third-order valence-electron chi connectivity index (χ3n) is 5.59. The zero-order chi connectivity index (χ0) is 17.9. The molecule has 126 valence electrons. The summed E-state index contributed by atoms with van der Waals surface area (Å²) in [4.78, 5) is 0. The molecule has 0 radical (unpaired) electrons. The van der Waals surface area contributed by atoms with Gasteiger partial charge in [0.05, 0.1) is 0 Å². The van der Waals surface area contributed by atoms with Gasteiger partial charge in [0.1, 0.15) is 11.2 Å². The average molecular weight is 332 g/mol. The van der Waals surface area contributed by atoms with E-state index in [4.69, 9.17) is 4.42 Å². The Morgan fingerprint density at radius 1 is 1.04 bits per heavy atom. The predicted octanol–water partition coefficient (Wildman–Crippen LogP) is 3.91. The van der Waals surface area contributed by atoms with Crippen LogP contribution < -0.4 is 5.46 Å². The van der Waals surface area contributed by atoms with Crippen LogP contribution in [0.25, 0.3) is 27.5 Å². The van der Waals surface area contributed by atoms with Gasteiger partial charge in [-0.2, -0.15) is 0 Å². The monoisotopic (exact) mass is 332 g/mol. The summed E-state index contributed by atoms with van der Waals surface area (Å²) in [5.74, 6) is 0. The van der Waals surface area contributed by atoms with Crippen molar-refractivity contribution in [1.29, 1.82) is 0 Å². The van der Waals surface area contributed by atoms with E-state index >= 15 is 0 Å². The normalized spacial score (nSPS) is 16.4. The Morgan fingerprint density at radius 3 is 2.44 bits per heavy atom. The molecule has 4 heteroatoms. The zero-order valence-electron chi connectivity index (χ0n) is 14.9. The molecule has 1 heterocycles. The molecule has 1 aromatic heterocycles. The third-order valence-corrected chi connectivity index (χ3v) is 5.59. The van der Waals surface area contributed by atoms with E-state index in [-0.39, 0.29) is 5.41 Å². The maximum atomic E-state index is 9.68. The van der Waals surface area contributed by atoms with Gasteiger partial charge in [-0.25, -0.2) is 0 Å². The Morgan fingerprint density at radius 2 is 1.76 bits per heavy atom. The molecule has 3 aromatic rings. The van der Waals surface area contributed by atoms with Crippen LogP contribution in [0.3, 0.4) is 0 Å². The zero-order valence-corrected chi connectivity index (χ0v) is 14.9. The third kappa shape index (κ3) is 2.08. The fourth-order valence-corrected chi connectivity index (χ4v) is 3.98. The van der Waals surface area contributed by atoms with E-state index in [0.29, 0.717) is 11.0 Å². The standard InChI is InChI=1S/C21H21BO3/c1-5-7-13-12(2)21(3,4)16-11-10-15-14-8-6-9-17(22(23)24)19(14)25-20(15)18(13)16/h5-11,23-24H,1-4H3/b7-5-. The highest BCUT2D eigenvalue weighted by Gasteiger charge is 2.36. The molecule has 2 N–H and O–H groups in total. The average Bonchev–Trinajstić information content (AvgIpc) is 3.04. The first-order chi connectivity index (χ1) is 11.9. The molecular formula is C21H21BO3. The molecule has 3 nitrogen and oxygen atoms in total. The molecule has 1 aliphatic carbocycles. The van der Waals surface area contributed by atoms with Gasteiger partial charge < -0.3 is 14.5 Å². The van der Waals surface area contributed by atoms with Crippen LogP contribution in [0.2, 0.25) is 0 Å². The number of para-hydroxylation sites is 1. The molecule has 25 heavy (non-hydrogen) atoms. The van der Waals surface area contributed by atoms with Crippen molar-refractivity contribution in [2.45, 2.75) is 33.1 Å². The van der Waals surface area contributed by atoms with Crippen molar-refractivity contribution < 1.29 is 14.5 Å². The highest BCUT2D eigenvalue weighted by atomic mass is 16.4. The second-order valence-electron chi connectivity index (χ2n) is 7.23. The van der Waals surface area contributed by atoms with Crippen LogP contribution in [0, 0.1) is 0 Å². The molecule has 0 fully saturated rings. The van der Waals surface area contributed by atoms with Crippen LogP contribution in [0.15, 0.2) is 52.5 Å². The van der Waals surface area contributed by atoms with E-state index in [0.717, 1.165) is 21.9 Å². The van der Waals surface area contributed by atoms with Gasteiger partial charge in [0.2, 0.25) is 0 Å². The van der Waals surface area contributed by atoms with Gasteiger partial charge in [0.15, 0.2) is 0 Å². The number of allylic oxidation sites excluding steroid dienone is 4. The van der Waals surface area contributed by atoms with Crippen molar-refractivity contribution in [2.75, 3.05) is 0 Å². The maximum Gasteiger partial charge on any atom is 0.492 e. The predicted molar refractivity (Wildman–Crippen MR) is 104 cm³/mol. The SMILES string of the molecule is C/C=C\C1=C(C)C(C)(C)c2ccc3c(oc4c(B(O)O)cccc43)c21. The Hall–Kier alpha value is -2.30. The summed E-state index contributed by atoms with van der Waals surface area (Å²) in [7, 11) is -1.55. The van der Waals surface area contributed by atoms with Gasteiger partial charge >= 0.3 is 7.12 Å². The summed E-state index contributed by atoms with van der Waals surface area (Å²) < 4.78 is 6.22. The molecule has 0 bridgehead atoms. The first-order valence-electron chi connectivity index (χ1n) is 8.57. The molecule has 0 spiro atoms. The van der Waals surface area contributed by atoms with Gasteiger partial charge in [-0.05, 0) is 25.0 Å². The summed E-state index contributed by atoms with van der Waals surface area (Å²) >= 11 is 0. The van der Waals surface area contributed by atoms with Crippen molar-refractivity contribution in [2.24, 2.45) is 0 Å². The van der Waals surface area contributed by atoms with Crippen LogP contribution in [-0.4, -0.2) is 17.2 Å². The minimum Gasteiger partial charge on any atom is -0.456 e. The van der Waals surface area contributed by atoms with Gasteiger partial charge in [0.25, 0.3) is 0 Å². The summed E-state index contributed by atoms with van der Waals surface area (Å²) in [5.41, 5.74) is 6.57.